The second-order valence-corrected chi connectivity index (χ2v) is 11.1. The predicted octanol–water partition coefficient (Wildman–Crippen LogP) is 6.07. The van der Waals surface area contributed by atoms with E-state index < -0.39 is 5.60 Å². The molecule has 1 N–H and O–H groups in total. The molecule has 5 rings (SSSR count). The van der Waals surface area contributed by atoms with Crippen molar-refractivity contribution in [2.24, 2.45) is 10.2 Å². The number of nitrogens with one attached hydrogen (secondary N) is 1. The van der Waals surface area contributed by atoms with Gasteiger partial charge in [-0.15, -0.1) is 21.6 Å². The molecule has 1 aliphatic rings. The van der Waals surface area contributed by atoms with Crippen molar-refractivity contribution in [2.45, 2.75) is 33.3 Å². The number of aromatic nitrogens is 3. The van der Waals surface area contributed by atoms with Crippen molar-refractivity contribution >= 4 is 34.5 Å². The van der Waals surface area contributed by atoms with E-state index in [9.17, 15) is 9.59 Å². The van der Waals surface area contributed by atoms with Gasteiger partial charge in [-0.05, 0) is 39.8 Å². The Balaban J connectivity index is 1.33. The van der Waals surface area contributed by atoms with Gasteiger partial charge >= 0.3 is 11.7 Å². The number of nitrogens with zero attached hydrogens (tertiary/aromatic N) is 6. The quantitative estimate of drug-likeness (QED) is 0.306. The SMILES string of the molecule is Cc1[nH]n(-c2nc(-c3ccccc3)cs2)c(=O)c1N=Nc1ccccc1N1CCN(C(=O)OC(C)(C)C)CC1. The fourth-order valence-corrected chi connectivity index (χ4v) is 5.07. The highest BCUT2D eigenvalue weighted by molar-refractivity contribution is 7.12. The van der Waals surface area contributed by atoms with E-state index in [2.05, 4.69) is 25.2 Å². The Morgan fingerprint density at radius 2 is 1.69 bits per heavy atom. The summed E-state index contributed by atoms with van der Waals surface area (Å²) in [5, 5.41) is 14.4. The molecule has 4 aromatic rings. The van der Waals surface area contributed by atoms with Crippen LogP contribution in [0.25, 0.3) is 16.4 Å². The van der Waals surface area contributed by atoms with Crippen molar-refractivity contribution in [1.82, 2.24) is 19.7 Å². The van der Waals surface area contributed by atoms with Crippen LogP contribution in [-0.2, 0) is 4.74 Å². The lowest BCUT2D eigenvalue weighted by Crippen LogP contribution is -2.50. The Morgan fingerprint density at radius 3 is 2.41 bits per heavy atom. The van der Waals surface area contributed by atoms with Gasteiger partial charge in [-0.25, -0.2) is 9.78 Å². The number of thiazole rings is 1. The van der Waals surface area contributed by atoms with Crippen molar-refractivity contribution in [3.8, 4) is 16.4 Å². The van der Waals surface area contributed by atoms with E-state index in [1.54, 1.807) is 11.8 Å². The molecule has 1 aliphatic heterocycles. The van der Waals surface area contributed by atoms with Crippen LogP contribution in [0.3, 0.4) is 0 Å². The largest absolute Gasteiger partial charge is 0.444 e. The number of hydrogen-bond acceptors (Lipinski definition) is 8. The number of ether oxygens (including phenoxy) is 1. The number of carbonyl (C=O) groups excluding carboxylic acids is 1. The Hall–Kier alpha value is -4.25. The first-order valence-electron chi connectivity index (χ1n) is 12.8. The van der Waals surface area contributed by atoms with Gasteiger partial charge in [0, 0.05) is 37.1 Å². The average Bonchev–Trinajstić information content (AvgIpc) is 3.52. The number of rotatable bonds is 5. The van der Waals surface area contributed by atoms with Crippen molar-refractivity contribution in [2.75, 3.05) is 31.1 Å². The van der Waals surface area contributed by atoms with E-state index >= 15 is 0 Å². The minimum atomic E-state index is -0.528. The number of amides is 1. The van der Waals surface area contributed by atoms with E-state index in [0.717, 1.165) is 16.9 Å². The van der Waals surface area contributed by atoms with E-state index in [0.29, 0.717) is 42.7 Å². The van der Waals surface area contributed by atoms with Crippen molar-refractivity contribution in [3.63, 3.8) is 0 Å². The third-order valence-electron chi connectivity index (χ3n) is 6.20. The van der Waals surface area contributed by atoms with Crippen LogP contribution in [0.1, 0.15) is 26.5 Å². The minimum absolute atomic E-state index is 0.232. The second kappa shape index (κ2) is 10.9. The fourth-order valence-electron chi connectivity index (χ4n) is 4.28. The van der Waals surface area contributed by atoms with E-state index in [4.69, 9.17) is 4.74 Å². The van der Waals surface area contributed by atoms with Gasteiger partial charge in [-0.1, -0.05) is 42.5 Å². The molecule has 0 aliphatic carbocycles. The number of H-pyrrole nitrogens is 1. The van der Waals surface area contributed by atoms with Gasteiger partial charge in [0.05, 0.1) is 17.1 Å². The Kier molecular flexibility index (Phi) is 7.34. The topological polar surface area (TPSA) is 108 Å². The average molecular weight is 546 g/mol. The number of aromatic amines is 1. The van der Waals surface area contributed by atoms with Gasteiger partial charge in [0.1, 0.15) is 11.3 Å². The van der Waals surface area contributed by atoms with Gasteiger partial charge in [0.15, 0.2) is 5.69 Å². The monoisotopic (exact) mass is 545 g/mol. The summed E-state index contributed by atoms with van der Waals surface area (Å²) in [4.78, 5) is 34.2. The first-order valence-corrected chi connectivity index (χ1v) is 13.6. The first-order chi connectivity index (χ1) is 18.7. The van der Waals surface area contributed by atoms with Crippen LogP contribution in [0.5, 0.6) is 0 Å². The number of benzene rings is 2. The van der Waals surface area contributed by atoms with Crippen LogP contribution in [-0.4, -0.2) is 57.5 Å². The molecule has 2 aromatic carbocycles. The Bertz CT molecular complexity index is 1540. The highest BCUT2D eigenvalue weighted by Crippen LogP contribution is 2.31. The van der Waals surface area contributed by atoms with Gasteiger partial charge in [0.2, 0.25) is 5.13 Å². The van der Waals surface area contributed by atoms with Gasteiger partial charge < -0.3 is 14.5 Å². The normalized spacial score (nSPS) is 14.3. The van der Waals surface area contributed by atoms with Crippen LogP contribution in [0.2, 0.25) is 0 Å². The number of aryl methyl sites for hydroxylation is 1. The van der Waals surface area contributed by atoms with Gasteiger partial charge in [0.25, 0.3) is 0 Å². The third-order valence-corrected chi connectivity index (χ3v) is 7.03. The molecule has 0 saturated carbocycles. The number of para-hydroxylation sites is 1. The lowest BCUT2D eigenvalue weighted by atomic mass is 10.2. The second-order valence-electron chi connectivity index (χ2n) is 10.3. The fraction of sp³-hybridized carbons (Fsp3) is 0.321. The predicted molar refractivity (Wildman–Crippen MR) is 153 cm³/mol. The molecule has 1 saturated heterocycles. The van der Waals surface area contributed by atoms with Crippen molar-refractivity contribution in [3.05, 3.63) is 76.0 Å². The molecule has 0 spiro atoms. The maximum absolute atomic E-state index is 13.2. The number of azo groups is 1. The highest BCUT2D eigenvalue weighted by atomic mass is 32.1. The molecule has 3 heterocycles. The summed E-state index contributed by atoms with van der Waals surface area (Å²) in [5.74, 6) is 0. The molecule has 1 fully saturated rings. The van der Waals surface area contributed by atoms with Crippen LogP contribution in [0.4, 0.5) is 21.9 Å². The van der Waals surface area contributed by atoms with Gasteiger partial charge in [-0.2, -0.15) is 4.68 Å². The molecular weight excluding hydrogens is 514 g/mol. The Morgan fingerprint density at radius 1 is 1.00 bits per heavy atom. The zero-order valence-electron chi connectivity index (χ0n) is 22.4. The minimum Gasteiger partial charge on any atom is -0.444 e. The summed E-state index contributed by atoms with van der Waals surface area (Å²) in [6.45, 7) is 9.74. The summed E-state index contributed by atoms with van der Waals surface area (Å²) in [6.07, 6.45) is -0.301. The molecule has 0 unspecified atom stereocenters. The highest BCUT2D eigenvalue weighted by Gasteiger charge is 2.26. The van der Waals surface area contributed by atoms with Crippen LogP contribution in [0, 0.1) is 6.92 Å². The smallest absolute Gasteiger partial charge is 0.410 e. The molecule has 202 valence electrons. The number of carbonyl (C=O) groups is 1. The maximum atomic E-state index is 13.2. The van der Waals surface area contributed by atoms with Crippen LogP contribution in [0.15, 0.2) is 75.0 Å². The molecule has 10 nitrogen and oxygen atoms in total. The molecule has 0 bridgehead atoms. The zero-order chi connectivity index (χ0) is 27.6. The summed E-state index contributed by atoms with van der Waals surface area (Å²) >= 11 is 1.38. The molecule has 0 radical (unpaired) electrons. The van der Waals surface area contributed by atoms with E-state index in [-0.39, 0.29) is 17.3 Å². The standard InChI is InChI=1S/C28H31N7O3S/c1-19-24(25(36)35(32-19)26-29-22(18-39-26)20-10-6-5-7-11-20)31-30-21-12-8-9-13-23(21)33-14-16-34(17-15-33)27(37)38-28(2,3)4/h5-13,18,32H,14-17H2,1-4H3. The third kappa shape index (κ3) is 5.93. The van der Waals surface area contributed by atoms with E-state index in [1.807, 2.05) is 80.7 Å². The first kappa shape index (κ1) is 26.4. The molecule has 2 aromatic heterocycles. The van der Waals surface area contributed by atoms with Gasteiger partial charge in [-0.3, -0.25) is 9.89 Å². The van der Waals surface area contributed by atoms with Crippen molar-refractivity contribution < 1.29 is 9.53 Å². The summed E-state index contributed by atoms with van der Waals surface area (Å²) in [5.41, 5.74) is 3.33. The number of hydrogen-bond donors (Lipinski definition) is 1. The lowest BCUT2D eigenvalue weighted by Gasteiger charge is -2.37. The summed E-state index contributed by atoms with van der Waals surface area (Å²) in [7, 11) is 0. The molecular formula is C28H31N7O3S. The van der Waals surface area contributed by atoms with E-state index in [1.165, 1.54) is 16.0 Å². The number of anilines is 1. The molecule has 1 amide bonds. The van der Waals surface area contributed by atoms with Crippen molar-refractivity contribution in [1.29, 1.82) is 0 Å². The summed E-state index contributed by atoms with van der Waals surface area (Å²) < 4.78 is 6.91. The van der Waals surface area contributed by atoms with Crippen LogP contribution >= 0.6 is 11.3 Å². The number of piperazine rings is 1. The molecule has 11 heteroatoms. The summed E-state index contributed by atoms with van der Waals surface area (Å²) in [6, 6.07) is 17.5. The van der Waals surface area contributed by atoms with Crippen LogP contribution < -0.4 is 10.5 Å². The zero-order valence-corrected chi connectivity index (χ0v) is 23.2. The molecule has 0 atom stereocenters. The molecule has 39 heavy (non-hydrogen) atoms. The lowest BCUT2D eigenvalue weighted by molar-refractivity contribution is 0.0240. The Labute approximate surface area is 230 Å². The maximum Gasteiger partial charge on any atom is 0.410 e.